The maximum Gasteiger partial charge on any atom is 0.128 e. The number of ether oxygens (including phenoxy) is 4. The summed E-state index contributed by atoms with van der Waals surface area (Å²) in [5, 5.41) is 0. The highest BCUT2D eigenvalue weighted by Gasteiger charge is 2.08. The van der Waals surface area contributed by atoms with Crippen molar-refractivity contribution in [2.24, 2.45) is 0 Å². The summed E-state index contributed by atoms with van der Waals surface area (Å²) in [4.78, 5) is 0. The Kier molecular flexibility index (Phi) is 20.6. The summed E-state index contributed by atoms with van der Waals surface area (Å²) >= 11 is 0. The van der Waals surface area contributed by atoms with Crippen molar-refractivity contribution >= 4 is 0 Å². The first kappa shape index (κ1) is 30.3. The van der Waals surface area contributed by atoms with Crippen LogP contribution in [0.5, 0.6) is 5.75 Å². The molecule has 4 nitrogen and oxygen atoms in total. The fourth-order valence-electron chi connectivity index (χ4n) is 3.86. The van der Waals surface area contributed by atoms with E-state index < -0.39 is 0 Å². The zero-order valence-electron chi connectivity index (χ0n) is 22.2. The number of unbranched alkanes of at least 4 members (excludes halogenated alkanes) is 14. The topological polar surface area (TPSA) is 36.9 Å². The van der Waals surface area contributed by atoms with Crippen molar-refractivity contribution in [1.82, 2.24) is 0 Å². The molecule has 0 saturated heterocycles. The van der Waals surface area contributed by atoms with Crippen molar-refractivity contribution in [3.8, 4) is 17.8 Å². The molecule has 34 heavy (non-hydrogen) atoms. The summed E-state index contributed by atoms with van der Waals surface area (Å²) in [6.07, 6.45) is 22.9. The van der Waals surface area contributed by atoms with E-state index in [2.05, 4.69) is 19.0 Å². The molecule has 0 spiro atoms. The molecule has 0 fully saturated rings. The fourth-order valence-corrected chi connectivity index (χ4v) is 3.86. The molecule has 0 unspecified atom stereocenters. The third-order valence-corrected chi connectivity index (χ3v) is 6.13. The second-order valence-electron chi connectivity index (χ2n) is 9.16. The summed E-state index contributed by atoms with van der Waals surface area (Å²) in [7, 11) is 3.34. The van der Waals surface area contributed by atoms with Gasteiger partial charge in [0, 0.05) is 13.5 Å². The minimum absolute atomic E-state index is 0.117. The first-order valence-electron chi connectivity index (χ1n) is 13.6. The standard InChI is InChI=1S/C30H50O4/c1-4-5-6-7-8-9-10-11-12-13-14-15-16-17-18-19-24-33-26-30(32-3)27-34-25-28-20-22-29(31-2)23-21-28/h20-23,30H,4-18,25-27H2,1-3H3/t30-/m0/s1. The van der Waals surface area contributed by atoms with Crippen LogP contribution in [0.25, 0.3) is 0 Å². The van der Waals surface area contributed by atoms with E-state index in [1.165, 1.54) is 83.5 Å². The van der Waals surface area contributed by atoms with E-state index in [4.69, 9.17) is 18.9 Å². The van der Waals surface area contributed by atoms with Crippen LogP contribution in [0, 0.1) is 12.0 Å². The maximum absolute atomic E-state index is 5.74. The SMILES string of the molecule is CCCCCCCCCCCCCCCCC#COC[C@@H](COCc1ccc(OC)cc1)OC. The molecule has 1 atom stereocenters. The summed E-state index contributed by atoms with van der Waals surface area (Å²) in [5.74, 6) is 3.97. The van der Waals surface area contributed by atoms with Crippen LogP contribution in [0.2, 0.25) is 0 Å². The average molecular weight is 475 g/mol. The van der Waals surface area contributed by atoms with Gasteiger partial charge in [-0.3, -0.25) is 0 Å². The molecule has 4 heteroatoms. The highest BCUT2D eigenvalue weighted by molar-refractivity contribution is 5.26. The van der Waals surface area contributed by atoms with Gasteiger partial charge in [-0.25, -0.2) is 0 Å². The van der Waals surface area contributed by atoms with E-state index in [0.29, 0.717) is 19.8 Å². The summed E-state index contributed by atoms with van der Waals surface area (Å²) in [6.45, 7) is 3.72. The van der Waals surface area contributed by atoms with Gasteiger partial charge in [-0.1, -0.05) is 108 Å². The van der Waals surface area contributed by atoms with Crippen LogP contribution in [0.4, 0.5) is 0 Å². The van der Waals surface area contributed by atoms with Gasteiger partial charge in [0.1, 0.15) is 24.6 Å². The molecular formula is C30H50O4. The number of rotatable bonds is 22. The normalized spacial score (nSPS) is 11.6. The van der Waals surface area contributed by atoms with Crippen molar-refractivity contribution in [3.05, 3.63) is 29.8 Å². The molecule has 1 rings (SSSR count). The molecule has 0 N–H and O–H groups in total. The maximum atomic E-state index is 5.74. The molecule has 0 aliphatic heterocycles. The van der Waals surface area contributed by atoms with Gasteiger partial charge >= 0.3 is 0 Å². The van der Waals surface area contributed by atoms with Gasteiger partial charge in [0.05, 0.1) is 20.3 Å². The largest absolute Gasteiger partial charge is 0.497 e. The number of benzene rings is 1. The molecule has 0 aliphatic rings. The average Bonchev–Trinajstić information content (AvgIpc) is 2.87. The van der Waals surface area contributed by atoms with E-state index in [0.717, 1.165) is 24.2 Å². The van der Waals surface area contributed by atoms with Gasteiger partial charge in [0.15, 0.2) is 0 Å². The first-order valence-corrected chi connectivity index (χ1v) is 13.6. The third-order valence-electron chi connectivity index (χ3n) is 6.13. The van der Waals surface area contributed by atoms with Crippen molar-refractivity contribution in [2.75, 3.05) is 27.4 Å². The van der Waals surface area contributed by atoms with E-state index >= 15 is 0 Å². The van der Waals surface area contributed by atoms with Crippen LogP contribution in [0.3, 0.4) is 0 Å². The van der Waals surface area contributed by atoms with Gasteiger partial charge in [-0.2, -0.15) is 0 Å². The lowest BCUT2D eigenvalue weighted by molar-refractivity contribution is -0.0248. The van der Waals surface area contributed by atoms with E-state index in [1.807, 2.05) is 24.3 Å². The molecule has 0 bridgehead atoms. The molecule has 0 heterocycles. The smallest absolute Gasteiger partial charge is 0.128 e. The molecule has 0 amide bonds. The Morgan fingerprint density at radius 1 is 0.706 bits per heavy atom. The molecule has 0 aliphatic carbocycles. The van der Waals surface area contributed by atoms with E-state index in [-0.39, 0.29) is 6.10 Å². The van der Waals surface area contributed by atoms with Crippen molar-refractivity contribution in [1.29, 1.82) is 0 Å². The van der Waals surface area contributed by atoms with E-state index in [9.17, 15) is 0 Å². The lowest BCUT2D eigenvalue weighted by Gasteiger charge is -2.14. The number of hydrogen-bond donors (Lipinski definition) is 0. The van der Waals surface area contributed by atoms with Crippen molar-refractivity contribution in [3.63, 3.8) is 0 Å². The fraction of sp³-hybridized carbons (Fsp3) is 0.733. The van der Waals surface area contributed by atoms with Crippen LogP contribution in [-0.4, -0.2) is 33.5 Å². The predicted molar refractivity (Wildman–Crippen MR) is 142 cm³/mol. The van der Waals surface area contributed by atoms with Crippen molar-refractivity contribution < 1.29 is 18.9 Å². The monoisotopic (exact) mass is 474 g/mol. The predicted octanol–water partition coefficient (Wildman–Crippen LogP) is 8.08. The van der Waals surface area contributed by atoms with E-state index in [1.54, 1.807) is 14.2 Å². The Hall–Kier alpha value is -1.70. The van der Waals surface area contributed by atoms with Gasteiger partial charge in [0.25, 0.3) is 0 Å². The van der Waals surface area contributed by atoms with Gasteiger partial charge in [0.2, 0.25) is 0 Å². The molecule has 1 aromatic rings. The Bertz CT molecular complexity index is 617. The van der Waals surface area contributed by atoms with Crippen LogP contribution in [0.1, 0.15) is 109 Å². The zero-order chi connectivity index (χ0) is 24.5. The second-order valence-corrected chi connectivity index (χ2v) is 9.16. The van der Waals surface area contributed by atoms with Gasteiger partial charge < -0.3 is 18.9 Å². The Balaban J connectivity index is 1.89. The minimum atomic E-state index is -0.117. The molecular weight excluding hydrogens is 424 g/mol. The second kappa shape index (κ2) is 23.1. The Labute approximate surface area is 210 Å². The highest BCUT2D eigenvalue weighted by atomic mass is 16.5. The summed E-state index contributed by atoms with van der Waals surface area (Å²) < 4.78 is 21.8. The third kappa shape index (κ3) is 17.7. The quantitative estimate of drug-likeness (QED) is 0.126. The summed E-state index contributed by atoms with van der Waals surface area (Å²) in [6, 6.07) is 7.87. The Morgan fingerprint density at radius 2 is 1.26 bits per heavy atom. The summed E-state index contributed by atoms with van der Waals surface area (Å²) in [5.41, 5.74) is 1.10. The molecule has 194 valence electrons. The number of methoxy groups -OCH3 is 2. The van der Waals surface area contributed by atoms with Gasteiger partial charge in [-0.05, 0) is 24.1 Å². The highest BCUT2D eigenvalue weighted by Crippen LogP contribution is 2.14. The van der Waals surface area contributed by atoms with Crippen LogP contribution in [-0.2, 0) is 20.8 Å². The molecule has 0 radical (unpaired) electrons. The van der Waals surface area contributed by atoms with Crippen LogP contribution < -0.4 is 4.74 Å². The zero-order valence-corrected chi connectivity index (χ0v) is 22.2. The van der Waals surface area contributed by atoms with Gasteiger partial charge in [-0.15, -0.1) is 0 Å². The lowest BCUT2D eigenvalue weighted by Crippen LogP contribution is -2.23. The molecule has 0 saturated carbocycles. The van der Waals surface area contributed by atoms with Crippen LogP contribution >= 0.6 is 0 Å². The minimum Gasteiger partial charge on any atom is -0.497 e. The van der Waals surface area contributed by atoms with Crippen molar-refractivity contribution in [2.45, 2.75) is 116 Å². The van der Waals surface area contributed by atoms with Crippen LogP contribution in [0.15, 0.2) is 24.3 Å². The lowest BCUT2D eigenvalue weighted by atomic mass is 10.0. The number of hydrogen-bond acceptors (Lipinski definition) is 4. The molecule has 1 aromatic carbocycles. The first-order chi connectivity index (χ1) is 16.8. The Morgan fingerprint density at radius 3 is 1.79 bits per heavy atom. The molecule has 0 aromatic heterocycles.